The summed E-state index contributed by atoms with van der Waals surface area (Å²) < 4.78 is 5.01. The van der Waals surface area contributed by atoms with E-state index in [2.05, 4.69) is 21.6 Å². The van der Waals surface area contributed by atoms with Crippen molar-refractivity contribution >= 4 is 6.09 Å². The van der Waals surface area contributed by atoms with E-state index in [1.54, 1.807) is 11.8 Å². The van der Waals surface area contributed by atoms with E-state index < -0.39 is 12.2 Å². The third-order valence-corrected chi connectivity index (χ3v) is 6.32. The third-order valence-electron chi connectivity index (χ3n) is 6.32. The summed E-state index contributed by atoms with van der Waals surface area (Å²) in [7, 11) is 1.42. The quantitative estimate of drug-likeness (QED) is 0.449. The first kappa shape index (κ1) is 31.1. The first-order valence-electron chi connectivity index (χ1n) is 13.3. The summed E-state index contributed by atoms with van der Waals surface area (Å²) in [4.78, 5) is 20.9. The number of nitrogens with zero attached hydrogens (tertiary/aromatic N) is 4. The summed E-state index contributed by atoms with van der Waals surface area (Å²) in [6, 6.07) is 0. The molecule has 202 valence electrons. The molecule has 3 unspecified atom stereocenters. The number of carbonyl (C=O) groups is 1. The molecule has 0 aromatic rings. The van der Waals surface area contributed by atoms with E-state index in [4.69, 9.17) is 4.74 Å². The van der Waals surface area contributed by atoms with Crippen LogP contribution in [0.1, 0.15) is 59.3 Å². The van der Waals surface area contributed by atoms with E-state index in [0.29, 0.717) is 32.7 Å². The normalized spacial score (nSPS) is 21.9. The first-order chi connectivity index (χ1) is 16.2. The molecule has 3 N–H and O–H groups in total. The van der Waals surface area contributed by atoms with Crippen LogP contribution >= 0.6 is 0 Å². The Balaban J connectivity index is 2.91. The third kappa shape index (κ3) is 14.4. The molecular formula is C25H52N4O5. The van der Waals surface area contributed by atoms with E-state index in [9.17, 15) is 20.1 Å². The minimum absolute atomic E-state index is 0.302. The molecule has 1 rings (SSSR count). The highest BCUT2D eigenvalue weighted by molar-refractivity contribution is 5.67. The number of ether oxygens (including phenoxy) is 1. The number of aliphatic hydroxyl groups is 3. The SMILES string of the molecule is CCCCC(O)CN1CCCN(C(=O)OC)CCCN(CC(C)O)CCCN(CC(C)O)CC1. The Bertz CT molecular complexity index is 524. The topological polar surface area (TPSA) is 100.0 Å². The molecule has 1 aliphatic rings. The molecule has 1 saturated heterocycles. The summed E-state index contributed by atoms with van der Waals surface area (Å²) in [5.41, 5.74) is 0. The van der Waals surface area contributed by atoms with Crippen LogP contribution in [0.2, 0.25) is 0 Å². The van der Waals surface area contributed by atoms with Crippen LogP contribution < -0.4 is 0 Å². The van der Waals surface area contributed by atoms with Crippen LogP contribution in [-0.4, -0.2) is 138 Å². The number of rotatable bonds is 9. The molecule has 1 fully saturated rings. The molecule has 9 nitrogen and oxygen atoms in total. The monoisotopic (exact) mass is 488 g/mol. The van der Waals surface area contributed by atoms with Gasteiger partial charge in [0.2, 0.25) is 0 Å². The van der Waals surface area contributed by atoms with Gasteiger partial charge in [0, 0.05) is 45.8 Å². The molecule has 9 heteroatoms. The Morgan fingerprint density at radius 3 is 1.65 bits per heavy atom. The molecule has 0 radical (unpaired) electrons. The molecule has 1 aliphatic heterocycles. The van der Waals surface area contributed by atoms with Crippen LogP contribution in [-0.2, 0) is 4.74 Å². The first-order valence-corrected chi connectivity index (χ1v) is 13.3. The standard InChI is InChI=1S/C25H52N4O5/c1-5-6-10-24(32)21-28-14-9-16-29(25(33)34-4)15-8-13-26(19-22(2)30)11-7-12-27(17-18-28)20-23(3)31/h22-24,30-32H,5-21H2,1-4H3. The molecule has 0 saturated carbocycles. The Labute approximate surface area is 207 Å². The zero-order valence-corrected chi connectivity index (χ0v) is 22.2. The molecule has 34 heavy (non-hydrogen) atoms. The second kappa shape index (κ2) is 18.3. The van der Waals surface area contributed by atoms with Gasteiger partial charge in [-0.3, -0.25) is 9.80 Å². The Morgan fingerprint density at radius 2 is 1.21 bits per heavy atom. The predicted octanol–water partition coefficient (Wildman–Crippen LogP) is 1.46. The molecular weight excluding hydrogens is 436 g/mol. The average Bonchev–Trinajstić information content (AvgIpc) is 2.78. The highest BCUT2D eigenvalue weighted by Gasteiger charge is 2.19. The molecule has 0 aliphatic carbocycles. The van der Waals surface area contributed by atoms with Crippen molar-refractivity contribution in [1.29, 1.82) is 0 Å². The van der Waals surface area contributed by atoms with Crippen molar-refractivity contribution in [2.75, 3.05) is 79.1 Å². The fourth-order valence-electron chi connectivity index (χ4n) is 4.65. The molecule has 3 atom stereocenters. The second-order valence-corrected chi connectivity index (χ2v) is 9.91. The number of unbranched alkanes of at least 4 members (excludes halogenated alkanes) is 1. The van der Waals surface area contributed by atoms with Crippen molar-refractivity contribution in [3.8, 4) is 0 Å². The second-order valence-electron chi connectivity index (χ2n) is 9.91. The van der Waals surface area contributed by atoms with Gasteiger partial charge in [0.1, 0.15) is 0 Å². The van der Waals surface area contributed by atoms with Gasteiger partial charge in [-0.2, -0.15) is 0 Å². The fourth-order valence-corrected chi connectivity index (χ4v) is 4.65. The largest absolute Gasteiger partial charge is 0.453 e. The highest BCUT2D eigenvalue weighted by atomic mass is 16.5. The fraction of sp³-hybridized carbons (Fsp3) is 0.960. The van der Waals surface area contributed by atoms with E-state index in [0.717, 1.165) is 77.8 Å². The summed E-state index contributed by atoms with van der Waals surface area (Å²) in [6.45, 7) is 13.8. The van der Waals surface area contributed by atoms with Crippen molar-refractivity contribution in [3.63, 3.8) is 0 Å². The van der Waals surface area contributed by atoms with Crippen molar-refractivity contribution in [2.45, 2.75) is 77.6 Å². The number of hydrogen-bond donors (Lipinski definition) is 3. The number of methoxy groups -OCH3 is 1. The van der Waals surface area contributed by atoms with Crippen LogP contribution in [0.15, 0.2) is 0 Å². The average molecular weight is 489 g/mol. The lowest BCUT2D eigenvalue weighted by atomic mass is 10.1. The van der Waals surface area contributed by atoms with Gasteiger partial charge in [-0.25, -0.2) is 4.79 Å². The number of carbonyl (C=O) groups excluding carboxylic acids is 1. The Hall–Kier alpha value is -0.970. The zero-order chi connectivity index (χ0) is 25.3. The molecule has 0 bridgehead atoms. The van der Waals surface area contributed by atoms with Gasteiger partial charge in [0.25, 0.3) is 0 Å². The minimum Gasteiger partial charge on any atom is -0.453 e. The number of amides is 1. The van der Waals surface area contributed by atoms with Crippen molar-refractivity contribution in [1.82, 2.24) is 19.6 Å². The van der Waals surface area contributed by atoms with Gasteiger partial charge < -0.3 is 29.9 Å². The van der Waals surface area contributed by atoms with E-state index in [1.807, 2.05) is 6.92 Å². The lowest BCUT2D eigenvalue weighted by Gasteiger charge is -2.30. The van der Waals surface area contributed by atoms with E-state index in [1.165, 1.54) is 7.11 Å². The van der Waals surface area contributed by atoms with Crippen LogP contribution in [0.4, 0.5) is 4.79 Å². The molecule has 0 aromatic carbocycles. The maximum absolute atomic E-state index is 12.3. The highest BCUT2D eigenvalue weighted by Crippen LogP contribution is 2.08. The summed E-state index contributed by atoms with van der Waals surface area (Å²) in [5, 5.41) is 30.5. The van der Waals surface area contributed by atoms with Gasteiger partial charge >= 0.3 is 6.09 Å². The van der Waals surface area contributed by atoms with Gasteiger partial charge in [-0.15, -0.1) is 0 Å². The zero-order valence-electron chi connectivity index (χ0n) is 22.2. The van der Waals surface area contributed by atoms with Crippen molar-refractivity contribution in [2.24, 2.45) is 0 Å². The predicted molar refractivity (Wildman–Crippen MR) is 136 cm³/mol. The number of aliphatic hydroxyl groups excluding tert-OH is 3. The Morgan fingerprint density at radius 1 is 0.765 bits per heavy atom. The summed E-state index contributed by atoms with van der Waals surface area (Å²) in [5.74, 6) is 0. The van der Waals surface area contributed by atoms with Crippen LogP contribution in [0.3, 0.4) is 0 Å². The summed E-state index contributed by atoms with van der Waals surface area (Å²) in [6.07, 6.45) is 4.01. The van der Waals surface area contributed by atoms with Crippen LogP contribution in [0.25, 0.3) is 0 Å². The maximum atomic E-state index is 12.3. The van der Waals surface area contributed by atoms with Crippen LogP contribution in [0, 0.1) is 0 Å². The minimum atomic E-state index is -0.403. The number of hydrogen-bond acceptors (Lipinski definition) is 8. The maximum Gasteiger partial charge on any atom is 0.409 e. The van der Waals surface area contributed by atoms with Crippen LogP contribution in [0.5, 0.6) is 0 Å². The van der Waals surface area contributed by atoms with E-state index in [-0.39, 0.29) is 12.2 Å². The smallest absolute Gasteiger partial charge is 0.409 e. The Kier molecular flexibility index (Phi) is 16.7. The number of β-amino-alcohol motifs (C(OH)–C–C–N with tert-alkyl or cyclic N) is 3. The summed E-state index contributed by atoms with van der Waals surface area (Å²) >= 11 is 0. The molecule has 1 heterocycles. The van der Waals surface area contributed by atoms with Crippen molar-refractivity contribution in [3.05, 3.63) is 0 Å². The van der Waals surface area contributed by atoms with Gasteiger partial charge in [-0.1, -0.05) is 19.8 Å². The van der Waals surface area contributed by atoms with Crippen molar-refractivity contribution < 1.29 is 24.9 Å². The lowest BCUT2D eigenvalue weighted by molar-refractivity contribution is 0.0802. The van der Waals surface area contributed by atoms with Gasteiger partial charge in [0.05, 0.1) is 25.4 Å². The van der Waals surface area contributed by atoms with E-state index >= 15 is 0 Å². The molecule has 1 amide bonds. The van der Waals surface area contributed by atoms with Gasteiger partial charge in [-0.05, 0) is 65.7 Å². The lowest BCUT2D eigenvalue weighted by Crippen LogP contribution is -2.43. The van der Waals surface area contributed by atoms with Gasteiger partial charge in [0.15, 0.2) is 0 Å². The molecule has 0 aromatic heterocycles. The molecule has 0 spiro atoms.